The number of aryl methyl sites for hydroxylation is 2. The molecular formula is C27H29N5O2. The maximum Gasteiger partial charge on any atom is 0.259 e. The molecular weight excluding hydrogens is 426 g/mol. The van der Waals surface area contributed by atoms with Crippen LogP contribution in [-0.2, 0) is 19.5 Å². The van der Waals surface area contributed by atoms with E-state index >= 15 is 0 Å². The summed E-state index contributed by atoms with van der Waals surface area (Å²) in [5.41, 5.74) is 4.79. The van der Waals surface area contributed by atoms with Crippen molar-refractivity contribution in [2.75, 3.05) is 13.6 Å². The molecule has 174 valence electrons. The highest BCUT2D eigenvalue weighted by atomic mass is 16.2. The van der Waals surface area contributed by atoms with Crippen molar-refractivity contribution in [3.8, 4) is 0 Å². The van der Waals surface area contributed by atoms with Gasteiger partial charge in [0.2, 0.25) is 0 Å². The zero-order valence-electron chi connectivity index (χ0n) is 19.8. The number of amides is 1. The average molecular weight is 456 g/mol. The van der Waals surface area contributed by atoms with E-state index < -0.39 is 0 Å². The smallest absolute Gasteiger partial charge is 0.259 e. The van der Waals surface area contributed by atoms with Gasteiger partial charge in [0.15, 0.2) is 5.43 Å². The highest BCUT2D eigenvalue weighted by molar-refractivity contribution is 5.95. The minimum absolute atomic E-state index is 0.228. The Morgan fingerprint density at radius 2 is 1.79 bits per heavy atom. The van der Waals surface area contributed by atoms with Crippen LogP contribution in [0.4, 0.5) is 0 Å². The summed E-state index contributed by atoms with van der Waals surface area (Å²) in [5, 5.41) is 4.20. The van der Waals surface area contributed by atoms with Crippen molar-refractivity contribution >= 4 is 5.91 Å². The Bertz CT molecular complexity index is 1330. The number of hydrogen-bond acceptors (Lipinski definition) is 4. The molecule has 1 amide bonds. The van der Waals surface area contributed by atoms with Crippen LogP contribution < -0.4 is 5.43 Å². The fourth-order valence-electron chi connectivity index (χ4n) is 4.10. The van der Waals surface area contributed by atoms with Crippen LogP contribution in [0.5, 0.6) is 0 Å². The number of rotatable bonds is 8. The standard InChI is InChI=1S/C27H29N5O2/c1-20-7-4-5-8-23(20)18-24-26(27(34)30(3)15-16-31-14-6-11-29-31)25(33)17-21(2)32(24)19-22-9-12-28-13-10-22/h4-14,17H,15-16,18-19H2,1-3H3. The van der Waals surface area contributed by atoms with Crippen LogP contribution in [0.15, 0.2) is 78.1 Å². The van der Waals surface area contributed by atoms with Crippen molar-refractivity contribution in [3.63, 3.8) is 0 Å². The molecule has 0 saturated heterocycles. The van der Waals surface area contributed by atoms with Gasteiger partial charge >= 0.3 is 0 Å². The lowest BCUT2D eigenvalue weighted by Gasteiger charge is -2.24. The molecule has 0 aliphatic heterocycles. The lowest BCUT2D eigenvalue weighted by atomic mass is 9.98. The minimum atomic E-state index is -0.274. The van der Waals surface area contributed by atoms with Crippen molar-refractivity contribution in [2.24, 2.45) is 0 Å². The molecule has 0 radical (unpaired) electrons. The Hall–Kier alpha value is -4.00. The van der Waals surface area contributed by atoms with E-state index in [1.54, 1.807) is 41.3 Å². The van der Waals surface area contributed by atoms with Crippen LogP contribution in [0.3, 0.4) is 0 Å². The summed E-state index contributed by atoms with van der Waals surface area (Å²) in [4.78, 5) is 32.6. The average Bonchev–Trinajstić information content (AvgIpc) is 3.35. The molecule has 3 aromatic heterocycles. The molecule has 0 unspecified atom stereocenters. The van der Waals surface area contributed by atoms with E-state index in [2.05, 4.69) is 20.7 Å². The fourth-order valence-corrected chi connectivity index (χ4v) is 4.10. The molecule has 0 fully saturated rings. The van der Waals surface area contributed by atoms with Gasteiger partial charge in [0.25, 0.3) is 5.91 Å². The molecule has 0 bridgehead atoms. The van der Waals surface area contributed by atoms with Crippen molar-refractivity contribution < 1.29 is 4.79 Å². The number of aromatic nitrogens is 4. The first-order chi connectivity index (χ1) is 16.4. The normalized spacial score (nSPS) is 10.9. The second kappa shape index (κ2) is 10.3. The van der Waals surface area contributed by atoms with Crippen LogP contribution in [0.1, 0.15) is 38.4 Å². The van der Waals surface area contributed by atoms with Crippen LogP contribution >= 0.6 is 0 Å². The fraction of sp³-hybridized carbons (Fsp3) is 0.259. The second-order valence-corrected chi connectivity index (χ2v) is 8.51. The summed E-state index contributed by atoms with van der Waals surface area (Å²) in [5.74, 6) is -0.274. The summed E-state index contributed by atoms with van der Waals surface area (Å²) in [6, 6.07) is 15.4. The van der Waals surface area contributed by atoms with E-state index in [0.717, 1.165) is 28.1 Å². The summed E-state index contributed by atoms with van der Waals surface area (Å²) >= 11 is 0. The van der Waals surface area contributed by atoms with Gasteiger partial charge in [-0.05, 0) is 48.7 Å². The van der Waals surface area contributed by atoms with E-state index in [1.807, 2.05) is 56.4 Å². The number of hydrogen-bond donors (Lipinski definition) is 0. The van der Waals surface area contributed by atoms with Gasteiger partial charge in [-0.25, -0.2) is 0 Å². The number of carbonyl (C=O) groups is 1. The Kier molecular flexibility index (Phi) is 7.01. The molecule has 1 aromatic carbocycles. The van der Waals surface area contributed by atoms with Crippen molar-refractivity contribution in [1.82, 2.24) is 24.2 Å². The zero-order valence-corrected chi connectivity index (χ0v) is 19.8. The number of nitrogens with zero attached hydrogens (tertiary/aromatic N) is 5. The summed E-state index contributed by atoms with van der Waals surface area (Å²) in [6.45, 7) is 5.52. The molecule has 0 atom stereocenters. The third-order valence-corrected chi connectivity index (χ3v) is 6.12. The monoisotopic (exact) mass is 455 g/mol. The van der Waals surface area contributed by atoms with E-state index in [9.17, 15) is 9.59 Å². The number of carbonyl (C=O) groups excluding carboxylic acids is 1. The number of benzene rings is 1. The van der Waals surface area contributed by atoms with Gasteiger partial charge in [0.1, 0.15) is 5.56 Å². The molecule has 7 heteroatoms. The Morgan fingerprint density at radius 1 is 1.03 bits per heavy atom. The molecule has 0 N–H and O–H groups in total. The Labute approximate surface area is 199 Å². The minimum Gasteiger partial charge on any atom is -0.343 e. The van der Waals surface area contributed by atoms with Crippen LogP contribution in [0, 0.1) is 13.8 Å². The first-order valence-electron chi connectivity index (χ1n) is 11.3. The Morgan fingerprint density at radius 3 is 2.50 bits per heavy atom. The molecule has 34 heavy (non-hydrogen) atoms. The molecule has 4 aromatic rings. The van der Waals surface area contributed by atoms with E-state index in [1.165, 1.54) is 0 Å². The van der Waals surface area contributed by atoms with Crippen LogP contribution in [-0.4, -0.2) is 43.7 Å². The maximum atomic E-state index is 13.6. The van der Waals surface area contributed by atoms with Gasteiger partial charge in [0, 0.05) is 68.8 Å². The molecule has 4 rings (SSSR count). The van der Waals surface area contributed by atoms with Gasteiger partial charge in [-0.1, -0.05) is 24.3 Å². The topological polar surface area (TPSA) is 73.0 Å². The van der Waals surface area contributed by atoms with Gasteiger partial charge in [-0.15, -0.1) is 0 Å². The number of likely N-dealkylation sites (N-methyl/N-ethyl adjacent to an activating group) is 1. The zero-order chi connectivity index (χ0) is 24.1. The van der Waals surface area contributed by atoms with Gasteiger partial charge in [-0.2, -0.15) is 5.10 Å². The molecule has 0 spiro atoms. The van der Waals surface area contributed by atoms with Crippen molar-refractivity contribution in [2.45, 2.75) is 33.4 Å². The first kappa shape index (κ1) is 23.2. The van der Waals surface area contributed by atoms with Crippen molar-refractivity contribution in [3.05, 3.63) is 117 Å². The first-order valence-corrected chi connectivity index (χ1v) is 11.3. The summed E-state index contributed by atoms with van der Waals surface area (Å²) in [7, 11) is 1.73. The highest BCUT2D eigenvalue weighted by Crippen LogP contribution is 2.20. The molecule has 0 aliphatic rings. The second-order valence-electron chi connectivity index (χ2n) is 8.51. The van der Waals surface area contributed by atoms with Crippen LogP contribution in [0.25, 0.3) is 0 Å². The molecule has 7 nitrogen and oxygen atoms in total. The number of pyridine rings is 2. The largest absolute Gasteiger partial charge is 0.343 e. The molecule has 3 heterocycles. The predicted molar refractivity (Wildman–Crippen MR) is 132 cm³/mol. The van der Waals surface area contributed by atoms with Gasteiger partial charge in [-0.3, -0.25) is 19.3 Å². The summed E-state index contributed by atoms with van der Waals surface area (Å²) < 4.78 is 3.85. The van der Waals surface area contributed by atoms with Gasteiger partial charge in [0.05, 0.1) is 6.54 Å². The quantitative estimate of drug-likeness (QED) is 0.408. The third-order valence-electron chi connectivity index (χ3n) is 6.12. The van der Waals surface area contributed by atoms with Crippen molar-refractivity contribution in [1.29, 1.82) is 0 Å². The highest BCUT2D eigenvalue weighted by Gasteiger charge is 2.24. The molecule has 0 saturated carbocycles. The SMILES string of the molecule is Cc1ccccc1Cc1c(C(=O)N(C)CCn2cccn2)c(=O)cc(C)n1Cc1ccncc1. The summed E-state index contributed by atoms with van der Waals surface area (Å²) in [6.07, 6.45) is 7.56. The van der Waals surface area contributed by atoms with Gasteiger partial charge < -0.3 is 9.47 Å². The van der Waals surface area contributed by atoms with E-state index in [-0.39, 0.29) is 16.9 Å². The predicted octanol–water partition coefficient (Wildman–Crippen LogP) is 3.47. The van der Waals surface area contributed by atoms with E-state index in [0.29, 0.717) is 26.1 Å². The van der Waals surface area contributed by atoms with Crippen LogP contribution in [0.2, 0.25) is 0 Å². The molecule has 0 aliphatic carbocycles. The third kappa shape index (κ3) is 5.14. The van der Waals surface area contributed by atoms with E-state index in [4.69, 9.17) is 0 Å². The lowest BCUT2D eigenvalue weighted by Crippen LogP contribution is -2.36. The lowest BCUT2D eigenvalue weighted by molar-refractivity contribution is 0.0785. The maximum absolute atomic E-state index is 13.6. The Balaban J connectivity index is 1.77.